The molecule has 1 aromatic rings. The molecule has 2 saturated heterocycles. The van der Waals surface area contributed by atoms with Crippen molar-refractivity contribution in [2.45, 2.75) is 31.3 Å². The molecule has 2 aliphatic heterocycles. The second-order valence-corrected chi connectivity index (χ2v) is 6.13. The van der Waals surface area contributed by atoms with Crippen molar-refractivity contribution in [3.8, 4) is 0 Å². The highest BCUT2D eigenvalue weighted by atomic mass is 19.1. The van der Waals surface area contributed by atoms with Gasteiger partial charge in [-0.3, -0.25) is 9.80 Å². The fourth-order valence-electron chi connectivity index (χ4n) is 3.78. The summed E-state index contributed by atoms with van der Waals surface area (Å²) in [4.78, 5) is 4.85. The van der Waals surface area contributed by atoms with Crippen molar-refractivity contribution in [1.82, 2.24) is 9.80 Å². The average molecular weight is 295 g/mol. The van der Waals surface area contributed by atoms with Gasteiger partial charge < -0.3 is 5.73 Å². The molecule has 2 fully saturated rings. The number of benzene rings is 1. The van der Waals surface area contributed by atoms with Gasteiger partial charge in [-0.05, 0) is 50.0 Å². The van der Waals surface area contributed by atoms with Gasteiger partial charge in [-0.1, -0.05) is 0 Å². The Bertz CT molecular complexity index is 474. The van der Waals surface area contributed by atoms with Gasteiger partial charge in [0.05, 0.1) is 0 Å². The highest BCUT2D eigenvalue weighted by Gasteiger charge is 2.31. The van der Waals surface area contributed by atoms with Crippen molar-refractivity contribution >= 4 is 0 Å². The maximum absolute atomic E-state index is 13.5. The number of hydrogen-bond donors (Lipinski definition) is 1. The van der Waals surface area contributed by atoms with Crippen LogP contribution in [0.2, 0.25) is 0 Å². The average Bonchev–Trinajstić information content (AvgIpc) is 2.77. The largest absolute Gasteiger partial charge is 0.329 e. The molecule has 116 valence electrons. The fraction of sp³-hybridized carbons (Fsp3) is 0.625. The van der Waals surface area contributed by atoms with Gasteiger partial charge in [0.1, 0.15) is 11.6 Å². The first-order chi connectivity index (χ1) is 10.2. The molecule has 21 heavy (non-hydrogen) atoms. The minimum Gasteiger partial charge on any atom is -0.329 e. The molecule has 2 heterocycles. The van der Waals surface area contributed by atoms with Crippen LogP contribution in [0.5, 0.6) is 0 Å². The zero-order valence-electron chi connectivity index (χ0n) is 12.3. The molecule has 1 aromatic carbocycles. The topological polar surface area (TPSA) is 32.5 Å². The van der Waals surface area contributed by atoms with E-state index in [1.165, 1.54) is 31.5 Å². The Labute approximate surface area is 124 Å². The van der Waals surface area contributed by atoms with E-state index < -0.39 is 11.6 Å². The van der Waals surface area contributed by atoms with Gasteiger partial charge in [0.2, 0.25) is 0 Å². The van der Waals surface area contributed by atoms with Crippen molar-refractivity contribution < 1.29 is 8.78 Å². The Morgan fingerprint density at radius 2 is 1.81 bits per heavy atom. The van der Waals surface area contributed by atoms with Crippen LogP contribution in [0.3, 0.4) is 0 Å². The van der Waals surface area contributed by atoms with Crippen LogP contribution in [-0.4, -0.2) is 48.6 Å². The van der Waals surface area contributed by atoms with Crippen molar-refractivity contribution in [3.05, 3.63) is 35.4 Å². The molecule has 0 radical (unpaired) electrons. The smallest absolute Gasteiger partial charge is 0.126 e. The molecule has 5 heteroatoms. The van der Waals surface area contributed by atoms with Gasteiger partial charge in [-0.2, -0.15) is 0 Å². The molecule has 0 aromatic heterocycles. The highest BCUT2D eigenvalue weighted by Crippen LogP contribution is 2.28. The molecule has 2 unspecified atom stereocenters. The molecule has 0 spiro atoms. The van der Waals surface area contributed by atoms with E-state index in [4.69, 9.17) is 5.73 Å². The minimum absolute atomic E-state index is 0.101. The standard InChI is InChI=1S/C16H23F2N3/c17-13-7-12(8-14(18)9-13)16(10-19)21-6-2-5-20-4-1-3-15(20)11-21/h7-9,15-16H,1-6,10-11,19H2. The van der Waals surface area contributed by atoms with Crippen molar-refractivity contribution in [3.63, 3.8) is 0 Å². The minimum atomic E-state index is -0.527. The lowest BCUT2D eigenvalue weighted by atomic mass is 10.0. The molecule has 0 aliphatic carbocycles. The first-order valence-corrected chi connectivity index (χ1v) is 7.81. The second kappa shape index (κ2) is 6.38. The van der Waals surface area contributed by atoms with Crippen LogP contribution >= 0.6 is 0 Å². The zero-order valence-corrected chi connectivity index (χ0v) is 12.3. The molecule has 0 bridgehead atoms. The van der Waals surface area contributed by atoms with Crippen molar-refractivity contribution in [2.24, 2.45) is 5.73 Å². The summed E-state index contributed by atoms with van der Waals surface area (Å²) in [6, 6.07) is 4.21. The summed E-state index contributed by atoms with van der Waals surface area (Å²) in [5, 5.41) is 0. The van der Waals surface area contributed by atoms with Crippen molar-refractivity contribution in [1.29, 1.82) is 0 Å². The van der Waals surface area contributed by atoms with Crippen LogP contribution in [0.1, 0.15) is 30.9 Å². The Hall–Kier alpha value is -1.04. The summed E-state index contributed by atoms with van der Waals surface area (Å²) in [6.07, 6.45) is 3.55. The zero-order chi connectivity index (χ0) is 14.8. The molecule has 2 atom stereocenters. The number of nitrogens with two attached hydrogens (primary N) is 1. The molecular formula is C16H23F2N3. The van der Waals surface area contributed by atoms with E-state index in [0.29, 0.717) is 18.2 Å². The summed E-state index contributed by atoms with van der Waals surface area (Å²) < 4.78 is 27.0. The van der Waals surface area contributed by atoms with Crippen molar-refractivity contribution in [2.75, 3.05) is 32.7 Å². The quantitative estimate of drug-likeness (QED) is 0.927. The third kappa shape index (κ3) is 3.25. The van der Waals surface area contributed by atoms with Crippen LogP contribution in [0.4, 0.5) is 8.78 Å². The monoisotopic (exact) mass is 295 g/mol. The Kier molecular flexibility index (Phi) is 4.52. The number of halogens is 2. The van der Waals surface area contributed by atoms with E-state index >= 15 is 0 Å². The summed E-state index contributed by atoms with van der Waals surface area (Å²) >= 11 is 0. The Morgan fingerprint density at radius 3 is 2.52 bits per heavy atom. The summed E-state index contributed by atoms with van der Waals surface area (Å²) in [5.74, 6) is -1.05. The summed E-state index contributed by atoms with van der Waals surface area (Å²) in [5.41, 5.74) is 6.58. The first kappa shape index (κ1) is 14.9. The lowest BCUT2D eigenvalue weighted by Crippen LogP contribution is -2.40. The molecule has 0 amide bonds. The molecular weight excluding hydrogens is 272 g/mol. The predicted molar refractivity (Wildman–Crippen MR) is 78.9 cm³/mol. The van der Waals surface area contributed by atoms with Gasteiger partial charge >= 0.3 is 0 Å². The molecule has 2 aliphatic rings. The predicted octanol–water partition coefficient (Wildman–Crippen LogP) is 2.13. The normalized spacial score (nSPS) is 25.6. The summed E-state index contributed by atoms with van der Waals surface area (Å²) in [7, 11) is 0. The van der Waals surface area contributed by atoms with E-state index in [1.54, 1.807) is 0 Å². The lowest BCUT2D eigenvalue weighted by Gasteiger charge is -2.32. The van der Waals surface area contributed by atoms with Gasteiger partial charge in [0.15, 0.2) is 0 Å². The fourth-order valence-corrected chi connectivity index (χ4v) is 3.78. The molecule has 2 N–H and O–H groups in total. The SMILES string of the molecule is NCC(c1cc(F)cc(F)c1)N1CCCN2CCCC2C1. The van der Waals surface area contributed by atoms with E-state index in [9.17, 15) is 8.78 Å². The maximum Gasteiger partial charge on any atom is 0.126 e. The van der Waals surface area contributed by atoms with Crippen LogP contribution in [0.25, 0.3) is 0 Å². The third-order valence-corrected chi connectivity index (χ3v) is 4.77. The van der Waals surface area contributed by atoms with Crippen LogP contribution in [0.15, 0.2) is 18.2 Å². The molecule has 0 saturated carbocycles. The molecule has 3 nitrogen and oxygen atoms in total. The van der Waals surface area contributed by atoms with E-state index in [2.05, 4.69) is 9.80 Å². The highest BCUT2D eigenvalue weighted by molar-refractivity contribution is 5.22. The van der Waals surface area contributed by atoms with Gasteiger partial charge in [0, 0.05) is 37.8 Å². The number of hydrogen-bond acceptors (Lipinski definition) is 3. The number of rotatable bonds is 3. The van der Waals surface area contributed by atoms with Gasteiger partial charge in [0.25, 0.3) is 0 Å². The van der Waals surface area contributed by atoms with E-state index in [0.717, 1.165) is 32.1 Å². The first-order valence-electron chi connectivity index (χ1n) is 7.81. The Balaban J connectivity index is 1.81. The van der Waals surface area contributed by atoms with E-state index in [-0.39, 0.29) is 6.04 Å². The second-order valence-electron chi connectivity index (χ2n) is 6.13. The Morgan fingerprint density at radius 1 is 1.10 bits per heavy atom. The van der Waals surface area contributed by atoms with Gasteiger partial charge in [-0.25, -0.2) is 8.78 Å². The lowest BCUT2D eigenvalue weighted by molar-refractivity contribution is 0.175. The van der Waals surface area contributed by atoms with Crippen LogP contribution in [0, 0.1) is 11.6 Å². The third-order valence-electron chi connectivity index (χ3n) is 4.77. The van der Waals surface area contributed by atoms with Crippen LogP contribution < -0.4 is 5.73 Å². The molecule has 3 rings (SSSR count). The maximum atomic E-state index is 13.5. The summed E-state index contributed by atoms with van der Waals surface area (Å²) in [6.45, 7) is 4.57. The van der Waals surface area contributed by atoms with Crippen LogP contribution in [-0.2, 0) is 0 Å². The number of nitrogens with zero attached hydrogens (tertiary/aromatic N) is 2. The van der Waals surface area contributed by atoms with Gasteiger partial charge in [-0.15, -0.1) is 0 Å². The number of fused-ring (bicyclic) bond motifs is 1. The van der Waals surface area contributed by atoms with E-state index in [1.807, 2.05) is 0 Å².